The summed E-state index contributed by atoms with van der Waals surface area (Å²) in [6.07, 6.45) is 1.53. The van der Waals surface area contributed by atoms with Crippen molar-refractivity contribution in [3.63, 3.8) is 0 Å². The van der Waals surface area contributed by atoms with Crippen LogP contribution in [0, 0.1) is 0 Å². The van der Waals surface area contributed by atoms with Crippen LogP contribution in [0.25, 0.3) is 6.08 Å². The first-order chi connectivity index (χ1) is 12.8. The molecule has 1 aromatic heterocycles. The maximum Gasteiger partial charge on any atom is 0.302 e. The molecule has 9 heteroatoms. The summed E-state index contributed by atoms with van der Waals surface area (Å²) in [6, 6.07) is 10.3. The lowest BCUT2D eigenvalue weighted by molar-refractivity contribution is -0.141. The average Bonchev–Trinajstić information content (AvgIpc) is 3.06. The second-order valence-corrected chi connectivity index (χ2v) is 6.96. The molecule has 2 amide bonds. The van der Waals surface area contributed by atoms with Crippen LogP contribution in [0.4, 0.5) is 0 Å². The van der Waals surface area contributed by atoms with Crippen LogP contribution in [0.15, 0.2) is 55.7 Å². The van der Waals surface area contributed by atoms with Crippen molar-refractivity contribution < 1.29 is 23.5 Å². The van der Waals surface area contributed by atoms with Crippen LogP contribution in [0.2, 0.25) is 0 Å². The van der Waals surface area contributed by atoms with Crippen molar-refractivity contribution in [1.29, 1.82) is 0 Å². The van der Waals surface area contributed by atoms with E-state index < -0.39 is 17.8 Å². The smallest absolute Gasteiger partial charge is 0.302 e. The maximum absolute atomic E-state index is 12.4. The third kappa shape index (κ3) is 7.03. The van der Waals surface area contributed by atoms with Crippen molar-refractivity contribution in [3.05, 3.63) is 62.6 Å². The Hall–Kier alpha value is -2.39. The molecule has 0 aliphatic carbocycles. The quantitative estimate of drug-likeness (QED) is 0.346. The van der Waals surface area contributed by atoms with Crippen molar-refractivity contribution in [1.82, 2.24) is 10.6 Å². The molecule has 0 atom stereocenters. The van der Waals surface area contributed by atoms with Gasteiger partial charge in [-0.05, 0) is 51.8 Å². The zero-order chi connectivity index (χ0) is 19.8. The van der Waals surface area contributed by atoms with E-state index in [1.54, 1.807) is 18.2 Å². The van der Waals surface area contributed by atoms with E-state index in [-0.39, 0.29) is 24.6 Å². The Balaban J connectivity index is 2.14. The minimum Gasteiger partial charge on any atom is -0.464 e. The number of rotatable bonds is 7. The summed E-state index contributed by atoms with van der Waals surface area (Å²) in [4.78, 5) is 35.5. The van der Waals surface area contributed by atoms with Crippen molar-refractivity contribution in [3.8, 4) is 0 Å². The molecule has 0 unspecified atom stereocenters. The zero-order valence-electron chi connectivity index (χ0n) is 14.3. The first-order valence-corrected chi connectivity index (χ1v) is 9.39. The molecule has 7 nitrogen and oxygen atoms in total. The second-order valence-electron chi connectivity index (χ2n) is 5.26. The Morgan fingerprint density at radius 2 is 1.81 bits per heavy atom. The van der Waals surface area contributed by atoms with Crippen LogP contribution in [0.3, 0.4) is 0 Å². The van der Waals surface area contributed by atoms with Crippen LogP contribution >= 0.6 is 31.9 Å². The van der Waals surface area contributed by atoms with Gasteiger partial charge in [-0.15, -0.1) is 0 Å². The fraction of sp³-hybridized carbons (Fsp3) is 0.167. The number of furan rings is 1. The molecule has 2 aromatic rings. The third-order valence-electron chi connectivity index (χ3n) is 3.16. The van der Waals surface area contributed by atoms with E-state index in [1.807, 2.05) is 12.1 Å². The molecular weight excluding hydrogens is 484 g/mol. The molecular formula is C18H16Br2N2O5. The first kappa shape index (κ1) is 20.9. The van der Waals surface area contributed by atoms with Gasteiger partial charge in [-0.1, -0.05) is 28.1 Å². The number of nitrogens with one attached hydrogen (secondary N) is 2. The number of benzene rings is 1. The van der Waals surface area contributed by atoms with Crippen molar-refractivity contribution >= 4 is 55.7 Å². The van der Waals surface area contributed by atoms with E-state index in [0.717, 1.165) is 4.47 Å². The molecule has 142 valence electrons. The molecule has 27 heavy (non-hydrogen) atoms. The number of ether oxygens (including phenoxy) is 1. The van der Waals surface area contributed by atoms with Gasteiger partial charge < -0.3 is 19.8 Å². The second kappa shape index (κ2) is 10.1. The monoisotopic (exact) mass is 498 g/mol. The van der Waals surface area contributed by atoms with Gasteiger partial charge in [0.25, 0.3) is 11.8 Å². The highest BCUT2D eigenvalue weighted by Crippen LogP contribution is 2.15. The van der Waals surface area contributed by atoms with E-state index in [9.17, 15) is 14.4 Å². The zero-order valence-corrected chi connectivity index (χ0v) is 17.4. The number of halogens is 2. The largest absolute Gasteiger partial charge is 0.464 e. The van der Waals surface area contributed by atoms with Gasteiger partial charge in [0.2, 0.25) is 0 Å². The van der Waals surface area contributed by atoms with E-state index >= 15 is 0 Å². The number of carbonyl (C=O) groups excluding carboxylic acids is 3. The first-order valence-electron chi connectivity index (χ1n) is 7.80. The highest BCUT2D eigenvalue weighted by Gasteiger charge is 2.17. The van der Waals surface area contributed by atoms with Gasteiger partial charge >= 0.3 is 5.97 Å². The van der Waals surface area contributed by atoms with Crippen molar-refractivity contribution in [2.24, 2.45) is 0 Å². The Kier molecular flexibility index (Phi) is 7.81. The predicted molar refractivity (Wildman–Crippen MR) is 106 cm³/mol. The molecule has 0 spiro atoms. The lowest BCUT2D eigenvalue weighted by atomic mass is 10.2. The van der Waals surface area contributed by atoms with Gasteiger partial charge in [0.15, 0.2) is 10.4 Å². The molecule has 1 heterocycles. The minimum atomic E-state index is -0.570. The van der Waals surface area contributed by atoms with Crippen LogP contribution in [-0.4, -0.2) is 30.9 Å². The van der Waals surface area contributed by atoms with Crippen molar-refractivity contribution in [2.75, 3.05) is 13.2 Å². The Morgan fingerprint density at radius 1 is 1.11 bits per heavy atom. The topological polar surface area (TPSA) is 97.6 Å². The normalized spacial score (nSPS) is 11.0. The number of amides is 2. The predicted octanol–water partition coefficient (Wildman–Crippen LogP) is 3.25. The van der Waals surface area contributed by atoms with Gasteiger partial charge in [0.1, 0.15) is 12.3 Å². The molecule has 1 aromatic carbocycles. The standard InChI is InChI=1S/C18H16Br2N2O5/c1-11(23)26-9-8-21-17(24)14(10-12-2-4-13(19)5-3-12)22-18(25)15-6-7-16(20)27-15/h2-7,10H,8-9H2,1H3,(H,21,24)(H,22,25)/b14-10+. The van der Waals surface area contributed by atoms with Gasteiger partial charge in [0, 0.05) is 11.4 Å². The molecule has 2 N–H and O–H groups in total. The molecule has 0 aliphatic heterocycles. The lowest BCUT2D eigenvalue weighted by Gasteiger charge is -2.10. The molecule has 0 bridgehead atoms. The number of esters is 1. The Labute approximate surface area is 172 Å². The van der Waals surface area contributed by atoms with E-state index in [4.69, 9.17) is 9.15 Å². The summed E-state index contributed by atoms with van der Waals surface area (Å²) in [6.45, 7) is 1.42. The highest BCUT2D eigenvalue weighted by molar-refractivity contribution is 9.10. The summed E-state index contributed by atoms with van der Waals surface area (Å²) in [5.74, 6) is -1.48. The molecule has 0 fully saturated rings. The fourth-order valence-electron chi connectivity index (χ4n) is 1.96. The summed E-state index contributed by atoms with van der Waals surface area (Å²) >= 11 is 6.46. The average molecular weight is 500 g/mol. The molecule has 0 aliphatic rings. The SMILES string of the molecule is CC(=O)OCCNC(=O)/C(=C\c1ccc(Br)cc1)NC(=O)c1ccc(Br)o1. The molecule has 0 saturated carbocycles. The Bertz CT molecular complexity index is 859. The van der Waals surface area contributed by atoms with Gasteiger partial charge in [-0.3, -0.25) is 14.4 Å². The van der Waals surface area contributed by atoms with Crippen LogP contribution in [0.5, 0.6) is 0 Å². The summed E-state index contributed by atoms with van der Waals surface area (Å²) in [5, 5.41) is 5.12. The van der Waals surface area contributed by atoms with Crippen LogP contribution in [0.1, 0.15) is 23.0 Å². The van der Waals surface area contributed by atoms with E-state index in [0.29, 0.717) is 10.2 Å². The summed E-state index contributed by atoms with van der Waals surface area (Å²) in [5.41, 5.74) is 0.738. The van der Waals surface area contributed by atoms with Crippen LogP contribution < -0.4 is 10.6 Å². The van der Waals surface area contributed by atoms with Crippen molar-refractivity contribution in [2.45, 2.75) is 6.92 Å². The van der Waals surface area contributed by atoms with E-state index in [1.165, 1.54) is 19.1 Å². The molecule has 0 saturated heterocycles. The lowest BCUT2D eigenvalue weighted by Crippen LogP contribution is -2.36. The number of hydrogen-bond donors (Lipinski definition) is 2. The highest BCUT2D eigenvalue weighted by atomic mass is 79.9. The summed E-state index contributed by atoms with van der Waals surface area (Å²) in [7, 11) is 0. The fourth-order valence-corrected chi connectivity index (χ4v) is 2.53. The van der Waals surface area contributed by atoms with Crippen LogP contribution in [-0.2, 0) is 14.3 Å². The third-order valence-corrected chi connectivity index (χ3v) is 4.12. The van der Waals surface area contributed by atoms with E-state index in [2.05, 4.69) is 42.5 Å². The van der Waals surface area contributed by atoms with Gasteiger partial charge in [-0.25, -0.2) is 0 Å². The van der Waals surface area contributed by atoms with Gasteiger partial charge in [-0.2, -0.15) is 0 Å². The Morgan fingerprint density at radius 3 is 2.41 bits per heavy atom. The number of hydrogen-bond acceptors (Lipinski definition) is 5. The van der Waals surface area contributed by atoms with Gasteiger partial charge in [0.05, 0.1) is 6.54 Å². The summed E-state index contributed by atoms with van der Waals surface area (Å²) < 4.78 is 11.3. The molecule has 2 rings (SSSR count). The minimum absolute atomic E-state index is 0.0256. The maximum atomic E-state index is 12.4. The molecule has 0 radical (unpaired) electrons. The number of carbonyl (C=O) groups is 3.